The van der Waals surface area contributed by atoms with Crippen molar-refractivity contribution >= 4 is 5.95 Å². The van der Waals surface area contributed by atoms with Gasteiger partial charge in [-0.3, -0.25) is 0 Å². The third kappa shape index (κ3) is 3.72. The van der Waals surface area contributed by atoms with Gasteiger partial charge in [-0.25, -0.2) is 0 Å². The van der Waals surface area contributed by atoms with Gasteiger partial charge in [-0.1, -0.05) is 5.57 Å². The second kappa shape index (κ2) is 5.89. The number of hydrogen-bond acceptors (Lipinski definition) is 6. The molecule has 88 valence electrons. The first-order valence-corrected chi connectivity index (χ1v) is 4.90. The summed E-state index contributed by atoms with van der Waals surface area (Å²) >= 11 is 0. The van der Waals surface area contributed by atoms with Crippen molar-refractivity contribution in [3.05, 3.63) is 12.2 Å². The Hall–Kier alpha value is -1.85. The maximum Gasteiger partial charge on any atom is 0.324 e. The fraction of sp³-hybridized carbons (Fsp3) is 0.500. The normalized spacial score (nSPS) is 9.69. The molecule has 0 spiro atoms. The molecule has 0 bridgehead atoms. The molecule has 0 aromatic carbocycles. The summed E-state index contributed by atoms with van der Waals surface area (Å²) in [5.74, 6) is 0.414. The number of hydrogen-bond donors (Lipinski definition) is 1. The zero-order chi connectivity index (χ0) is 12.0. The predicted octanol–water partition coefficient (Wildman–Crippen LogP) is 1.27. The van der Waals surface area contributed by atoms with Gasteiger partial charge in [-0.05, 0) is 6.92 Å². The van der Waals surface area contributed by atoms with E-state index in [2.05, 4.69) is 26.8 Å². The minimum atomic E-state index is 0.227. The number of ether oxygens (including phenoxy) is 2. The molecule has 1 rings (SSSR count). The van der Waals surface area contributed by atoms with Crippen LogP contribution < -0.4 is 14.8 Å². The molecule has 0 fully saturated rings. The largest absolute Gasteiger partial charge is 0.467 e. The van der Waals surface area contributed by atoms with Crippen LogP contribution in [0.15, 0.2) is 12.2 Å². The van der Waals surface area contributed by atoms with E-state index in [0.29, 0.717) is 12.6 Å². The van der Waals surface area contributed by atoms with Gasteiger partial charge in [0.15, 0.2) is 0 Å². The van der Waals surface area contributed by atoms with Crippen LogP contribution in [0, 0.1) is 0 Å². The van der Waals surface area contributed by atoms with Crippen molar-refractivity contribution in [2.75, 3.05) is 26.1 Å². The third-order valence-corrected chi connectivity index (χ3v) is 1.76. The molecule has 0 radical (unpaired) electrons. The summed E-state index contributed by atoms with van der Waals surface area (Å²) in [6.07, 6.45) is 0.767. The highest BCUT2D eigenvalue weighted by Gasteiger charge is 2.06. The maximum absolute atomic E-state index is 5.36. The van der Waals surface area contributed by atoms with Crippen LogP contribution in [0.2, 0.25) is 0 Å². The lowest BCUT2D eigenvalue weighted by molar-refractivity contribution is 0.284. The molecular weight excluding hydrogens is 208 g/mol. The van der Waals surface area contributed by atoms with Gasteiger partial charge >= 0.3 is 12.0 Å². The van der Waals surface area contributed by atoms with Crippen molar-refractivity contribution < 1.29 is 9.47 Å². The van der Waals surface area contributed by atoms with Crippen molar-refractivity contribution in [2.45, 2.75) is 13.3 Å². The smallest absolute Gasteiger partial charge is 0.324 e. The van der Waals surface area contributed by atoms with E-state index in [4.69, 9.17) is 9.47 Å². The van der Waals surface area contributed by atoms with Crippen molar-refractivity contribution in [3.8, 4) is 12.0 Å². The van der Waals surface area contributed by atoms with Crippen LogP contribution in [-0.4, -0.2) is 35.7 Å². The Morgan fingerprint density at radius 3 is 2.56 bits per heavy atom. The second-order valence-corrected chi connectivity index (χ2v) is 3.23. The van der Waals surface area contributed by atoms with E-state index in [1.165, 1.54) is 7.11 Å². The molecule has 0 saturated carbocycles. The summed E-state index contributed by atoms with van der Waals surface area (Å²) in [5, 5.41) is 2.80. The summed E-state index contributed by atoms with van der Waals surface area (Å²) in [6.45, 7) is 6.22. The van der Waals surface area contributed by atoms with Gasteiger partial charge < -0.3 is 14.8 Å². The van der Waals surface area contributed by atoms with E-state index in [-0.39, 0.29) is 12.0 Å². The fourth-order valence-corrected chi connectivity index (χ4v) is 0.922. The molecule has 6 nitrogen and oxygen atoms in total. The molecule has 0 atom stereocenters. The van der Waals surface area contributed by atoms with Crippen LogP contribution in [0.4, 0.5) is 5.95 Å². The SMILES string of the molecule is C=C(C)CCOc1nc(NC)nc(OC)n1. The van der Waals surface area contributed by atoms with Crippen LogP contribution in [0.3, 0.4) is 0 Å². The molecule has 0 amide bonds. The highest BCUT2D eigenvalue weighted by molar-refractivity contribution is 5.26. The fourth-order valence-electron chi connectivity index (χ4n) is 0.922. The number of nitrogens with zero attached hydrogens (tertiary/aromatic N) is 3. The van der Waals surface area contributed by atoms with E-state index in [1.54, 1.807) is 7.05 Å². The summed E-state index contributed by atoms with van der Waals surface area (Å²) in [6, 6.07) is 0.474. The zero-order valence-electron chi connectivity index (χ0n) is 9.78. The van der Waals surface area contributed by atoms with Gasteiger partial charge in [0.1, 0.15) is 0 Å². The molecule has 1 aromatic rings. The van der Waals surface area contributed by atoms with E-state index in [9.17, 15) is 0 Å². The van der Waals surface area contributed by atoms with Gasteiger partial charge in [0, 0.05) is 13.5 Å². The Balaban J connectivity index is 2.67. The second-order valence-electron chi connectivity index (χ2n) is 3.23. The Morgan fingerprint density at radius 1 is 1.31 bits per heavy atom. The zero-order valence-corrected chi connectivity index (χ0v) is 9.78. The Kier molecular flexibility index (Phi) is 4.50. The molecule has 0 aliphatic rings. The number of anilines is 1. The molecule has 0 aliphatic heterocycles. The monoisotopic (exact) mass is 224 g/mol. The summed E-state index contributed by atoms with van der Waals surface area (Å²) in [5.41, 5.74) is 1.05. The highest BCUT2D eigenvalue weighted by atomic mass is 16.5. The minimum Gasteiger partial charge on any atom is -0.467 e. The van der Waals surface area contributed by atoms with Crippen LogP contribution in [-0.2, 0) is 0 Å². The van der Waals surface area contributed by atoms with Crippen molar-refractivity contribution in [2.24, 2.45) is 0 Å². The van der Waals surface area contributed by atoms with Gasteiger partial charge in [-0.15, -0.1) is 11.6 Å². The first-order chi connectivity index (χ1) is 7.65. The molecule has 0 unspecified atom stereocenters. The molecule has 6 heteroatoms. The van der Waals surface area contributed by atoms with E-state index >= 15 is 0 Å². The van der Waals surface area contributed by atoms with Crippen LogP contribution in [0.1, 0.15) is 13.3 Å². The van der Waals surface area contributed by atoms with Crippen molar-refractivity contribution in [3.63, 3.8) is 0 Å². The van der Waals surface area contributed by atoms with E-state index in [0.717, 1.165) is 12.0 Å². The van der Waals surface area contributed by atoms with Gasteiger partial charge in [-0.2, -0.15) is 9.97 Å². The van der Waals surface area contributed by atoms with E-state index < -0.39 is 0 Å². The average molecular weight is 224 g/mol. The van der Waals surface area contributed by atoms with Gasteiger partial charge in [0.2, 0.25) is 5.95 Å². The summed E-state index contributed by atoms with van der Waals surface area (Å²) < 4.78 is 10.3. The van der Waals surface area contributed by atoms with E-state index in [1.807, 2.05) is 6.92 Å². The molecule has 1 aromatic heterocycles. The predicted molar refractivity (Wildman–Crippen MR) is 60.9 cm³/mol. The molecule has 1 N–H and O–H groups in total. The lowest BCUT2D eigenvalue weighted by Gasteiger charge is -2.06. The Morgan fingerprint density at radius 2 is 2.00 bits per heavy atom. The quantitative estimate of drug-likeness (QED) is 0.734. The molecule has 16 heavy (non-hydrogen) atoms. The number of methoxy groups -OCH3 is 1. The molecular formula is C10H16N4O2. The molecule has 0 aliphatic carbocycles. The third-order valence-electron chi connectivity index (χ3n) is 1.76. The summed E-state index contributed by atoms with van der Waals surface area (Å²) in [7, 11) is 3.21. The number of nitrogens with one attached hydrogen (secondary N) is 1. The van der Waals surface area contributed by atoms with Crippen LogP contribution in [0.25, 0.3) is 0 Å². The Bertz CT molecular complexity index is 346. The maximum atomic E-state index is 5.36. The lowest BCUT2D eigenvalue weighted by atomic mass is 10.3. The Labute approximate surface area is 94.7 Å². The standard InChI is InChI=1S/C10H16N4O2/c1-7(2)5-6-16-10-13-8(11-3)12-9(14-10)15-4/h1,5-6H2,2-4H3,(H,11,12,13,14). The highest BCUT2D eigenvalue weighted by Crippen LogP contribution is 2.12. The molecule has 0 saturated heterocycles. The van der Waals surface area contributed by atoms with Crippen molar-refractivity contribution in [1.29, 1.82) is 0 Å². The first kappa shape index (κ1) is 12.2. The minimum absolute atomic E-state index is 0.227. The summed E-state index contributed by atoms with van der Waals surface area (Å²) in [4.78, 5) is 12.0. The van der Waals surface area contributed by atoms with Gasteiger partial charge in [0.05, 0.1) is 13.7 Å². The molecule has 1 heterocycles. The number of aromatic nitrogens is 3. The first-order valence-electron chi connectivity index (χ1n) is 4.90. The topological polar surface area (TPSA) is 69.2 Å². The number of rotatable bonds is 6. The van der Waals surface area contributed by atoms with Crippen LogP contribution >= 0.6 is 0 Å². The lowest BCUT2D eigenvalue weighted by Crippen LogP contribution is -2.06. The van der Waals surface area contributed by atoms with Crippen molar-refractivity contribution in [1.82, 2.24) is 15.0 Å². The van der Waals surface area contributed by atoms with Gasteiger partial charge in [0.25, 0.3) is 0 Å². The average Bonchev–Trinajstić information content (AvgIpc) is 2.28. The van der Waals surface area contributed by atoms with Crippen LogP contribution in [0.5, 0.6) is 12.0 Å².